The molecule has 136 valence electrons. The van der Waals surface area contributed by atoms with Crippen LogP contribution in [0.2, 0.25) is 5.28 Å². The fourth-order valence-electron chi connectivity index (χ4n) is 3.25. The molecule has 4 rings (SSSR count). The highest BCUT2D eigenvalue weighted by atomic mass is 79.9. The minimum atomic E-state index is 0.167. The maximum absolute atomic E-state index is 6.33. The first-order valence-electron chi connectivity index (χ1n) is 8.87. The number of hydrogen-bond donors (Lipinski definition) is 2. The normalized spacial score (nSPS) is 15.3. The zero-order valence-electron chi connectivity index (χ0n) is 14.3. The number of rotatable bonds is 7. The van der Waals surface area contributed by atoms with E-state index in [4.69, 9.17) is 17.3 Å². The number of fused-ring (bicyclic) bond motifs is 1. The van der Waals surface area contributed by atoms with Crippen LogP contribution in [0, 0.1) is 5.92 Å². The van der Waals surface area contributed by atoms with E-state index in [0.717, 1.165) is 40.3 Å². The van der Waals surface area contributed by atoms with Gasteiger partial charge < -0.3 is 11.1 Å². The van der Waals surface area contributed by atoms with Crippen molar-refractivity contribution >= 4 is 38.9 Å². The van der Waals surface area contributed by atoms with Crippen molar-refractivity contribution in [3.63, 3.8) is 0 Å². The molecule has 1 aliphatic rings. The third kappa shape index (κ3) is 4.03. The summed E-state index contributed by atoms with van der Waals surface area (Å²) in [5.74, 6) is 1.54. The maximum atomic E-state index is 6.33. The van der Waals surface area contributed by atoms with Gasteiger partial charge in [0, 0.05) is 12.6 Å². The molecule has 1 aromatic carbocycles. The Morgan fingerprint density at radius 3 is 2.81 bits per heavy atom. The van der Waals surface area contributed by atoms with Gasteiger partial charge in [0.05, 0.1) is 0 Å². The SMILES string of the molecule is N[C@H](Cc1cc2c(NCc3ccccc3)nc(Cl)nn2c1Br)CC1CC1. The van der Waals surface area contributed by atoms with Gasteiger partial charge in [-0.3, -0.25) is 0 Å². The number of benzene rings is 1. The fourth-order valence-corrected chi connectivity index (χ4v) is 3.96. The number of nitrogens with one attached hydrogen (secondary N) is 1. The molecule has 1 atom stereocenters. The summed E-state index contributed by atoms with van der Waals surface area (Å²) < 4.78 is 2.69. The molecule has 3 aromatic rings. The van der Waals surface area contributed by atoms with Crippen LogP contribution in [0.5, 0.6) is 0 Å². The molecule has 0 spiro atoms. The van der Waals surface area contributed by atoms with Gasteiger partial charge in [-0.15, -0.1) is 5.10 Å². The molecular weight excluding hydrogens is 414 g/mol. The Morgan fingerprint density at radius 2 is 2.08 bits per heavy atom. The number of halogens is 2. The van der Waals surface area contributed by atoms with Gasteiger partial charge in [-0.1, -0.05) is 43.2 Å². The lowest BCUT2D eigenvalue weighted by Crippen LogP contribution is -2.23. The number of nitrogens with two attached hydrogens (primary N) is 1. The average molecular weight is 435 g/mol. The van der Waals surface area contributed by atoms with E-state index >= 15 is 0 Å². The topological polar surface area (TPSA) is 68.2 Å². The Morgan fingerprint density at radius 1 is 1.31 bits per heavy atom. The Balaban J connectivity index is 1.59. The van der Waals surface area contributed by atoms with Crippen molar-refractivity contribution in [2.45, 2.75) is 38.3 Å². The lowest BCUT2D eigenvalue weighted by Gasteiger charge is -2.09. The second-order valence-electron chi connectivity index (χ2n) is 6.97. The third-order valence-electron chi connectivity index (χ3n) is 4.74. The van der Waals surface area contributed by atoms with Gasteiger partial charge in [0.15, 0.2) is 5.82 Å². The Bertz CT molecular complexity index is 907. The maximum Gasteiger partial charge on any atom is 0.243 e. The highest BCUT2D eigenvalue weighted by molar-refractivity contribution is 9.10. The second-order valence-corrected chi connectivity index (χ2v) is 8.06. The Kier molecular flexibility index (Phi) is 5.16. The number of hydrogen-bond acceptors (Lipinski definition) is 4. The Labute approximate surface area is 166 Å². The van der Waals surface area contributed by atoms with Gasteiger partial charge in [-0.2, -0.15) is 4.98 Å². The van der Waals surface area contributed by atoms with Crippen molar-refractivity contribution in [1.82, 2.24) is 14.6 Å². The smallest absolute Gasteiger partial charge is 0.243 e. The molecule has 2 aromatic heterocycles. The minimum Gasteiger partial charge on any atom is -0.364 e. The first-order chi connectivity index (χ1) is 12.6. The van der Waals surface area contributed by atoms with E-state index in [1.165, 1.54) is 18.4 Å². The van der Waals surface area contributed by atoms with E-state index in [2.05, 4.69) is 49.5 Å². The molecule has 1 saturated carbocycles. The zero-order valence-corrected chi connectivity index (χ0v) is 16.7. The lowest BCUT2D eigenvalue weighted by atomic mass is 10.0. The number of anilines is 1. The summed E-state index contributed by atoms with van der Waals surface area (Å²) >= 11 is 9.80. The molecular formula is C19H21BrClN5. The predicted octanol–water partition coefficient (Wildman–Crippen LogP) is 4.43. The van der Waals surface area contributed by atoms with Crippen LogP contribution in [0.15, 0.2) is 41.0 Å². The summed E-state index contributed by atoms with van der Waals surface area (Å²) in [6.45, 7) is 0.670. The number of aromatic nitrogens is 3. The van der Waals surface area contributed by atoms with Crippen molar-refractivity contribution in [2.75, 3.05) is 5.32 Å². The summed E-state index contributed by atoms with van der Waals surface area (Å²) in [5, 5.41) is 7.91. The third-order valence-corrected chi connectivity index (χ3v) is 5.74. The summed E-state index contributed by atoms with van der Waals surface area (Å²) in [5.41, 5.74) is 9.54. The van der Waals surface area contributed by atoms with Crippen molar-refractivity contribution < 1.29 is 0 Å². The van der Waals surface area contributed by atoms with E-state index in [1.54, 1.807) is 4.52 Å². The highest BCUT2D eigenvalue weighted by Crippen LogP contribution is 2.34. The highest BCUT2D eigenvalue weighted by Gasteiger charge is 2.25. The molecule has 26 heavy (non-hydrogen) atoms. The Hall–Kier alpha value is -1.63. The van der Waals surface area contributed by atoms with Gasteiger partial charge in [0.25, 0.3) is 0 Å². The monoisotopic (exact) mass is 433 g/mol. The van der Waals surface area contributed by atoms with E-state index in [1.807, 2.05) is 18.2 Å². The van der Waals surface area contributed by atoms with Crippen LogP contribution in [0.3, 0.4) is 0 Å². The summed E-state index contributed by atoms with van der Waals surface area (Å²) in [4.78, 5) is 4.38. The second kappa shape index (κ2) is 7.55. The summed E-state index contributed by atoms with van der Waals surface area (Å²) in [7, 11) is 0. The molecule has 0 saturated heterocycles. The quantitative estimate of drug-likeness (QED) is 0.577. The first-order valence-corrected chi connectivity index (χ1v) is 10.0. The summed E-state index contributed by atoms with van der Waals surface area (Å²) in [6, 6.07) is 12.5. The van der Waals surface area contributed by atoms with Gasteiger partial charge in [-0.25, -0.2) is 4.52 Å². The van der Waals surface area contributed by atoms with Gasteiger partial charge in [0.2, 0.25) is 5.28 Å². The molecule has 1 aliphatic carbocycles. The molecule has 5 nitrogen and oxygen atoms in total. The van der Waals surface area contributed by atoms with E-state index < -0.39 is 0 Å². The van der Waals surface area contributed by atoms with Crippen LogP contribution in [-0.2, 0) is 13.0 Å². The fraction of sp³-hybridized carbons (Fsp3) is 0.368. The van der Waals surface area contributed by atoms with Crippen LogP contribution in [-0.4, -0.2) is 20.6 Å². The largest absolute Gasteiger partial charge is 0.364 e. The lowest BCUT2D eigenvalue weighted by molar-refractivity contribution is 0.565. The molecule has 0 radical (unpaired) electrons. The van der Waals surface area contributed by atoms with Gasteiger partial charge in [-0.05, 0) is 63.5 Å². The molecule has 0 amide bonds. The molecule has 7 heteroatoms. The zero-order chi connectivity index (χ0) is 18.1. The van der Waals surface area contributed by atoms with Crippen molar-refractivity contribution in [3.05, 3.63) is 57.4 Å². The molecule has 1 fully saturated rings. The van der Waals surface area contributed by atoms with Crippen LogP contribution < -0.4 is 11.1 Å². The van der Waals surface area contributed by atoms with Crippen LogP contribution >= 0.6 is 27.5 Å². The molecule has 0 bridgehead atoms. The molecule has 3 N–H and O–H groups in total. The molecule has 0 unspecified atom stereocenters. The van der Waals surface area contributed by atoms with Crippen molar-refractivity contribution in [1.29, 1.82) is 0 Å². The standard InChI is InChI=1S/C19H21BrClN5/c20-17-14(9-15(22)8-12-6-7-12)10-16-18(24-19(21)25-26(16)17)23-11-13-4-2-1-3-5-13/h1-5,10,12,15H,6-9,11,22H2,(H,23,24,25)/t15-/m0/s1. The average Bonchev–Trinajstić information content (AvgIpc) is 3.39. The predicted molar refractivity (Wildman–Crippen MR) is 108 cm³/mol. The first kappa shape index (κ1) is 17.8. The van der Waals surface area contributed by atoms with Gasteiger partial charge in [0.1, 0.15) is 10.1 Å². The van der Waals surface area contributed by atoms with Crippen molar-refractivity contribution in [2.24, 2.45) is 11.7 Å². The van der Waals surface area contributed by atoms with Crippen molar-refractivity contribution in [3.8, 4) is 0 Å². The van der Waals surface area contributed by atoms with E-state index in [9.17, 15) is 0 Å². The summed E-state index contributed by atoms with van der Waals surface area (Å²) in [6.07, 6.45) is 4.54. The molecule has 2 heterocycles. The number of nitrogens with zero attached hydrogens (tertiary/aromatic N) is 3. The van der Waals surface area contributed by atoms with Gasteiger partial charge >= 0.3 is 0 Å². The van der Waals surface area contributed by atoms with Crippen LogP contribution in [0.1, 0.15) is 30.4 Å². The van der Waals surface area contributed by atoms with Crippen LogP contribution in [0.25, 0.3) is 5.52 Å². The van der Waals surface area contributed by atoms with E-state index in [-0.39, 0.29) is 11.3 Å². The van der Waals surface area contributed by atoms with E-state index in [0.29, 0.717) is 6.54 Å². The van der Waals surface area contributed by atoms with Crippen LogP contribution in [0.4, 0.5) is 5.82 Å². The minimum absolute atomic E-state index is 0.167. The molecule has 0 aliphatic heterocycles.